The van der Waals surface area contributed by atoms with Crippen molar-refractivity contribution in [3.8, 4) is 0 Å². The van der Waals surface area contributed by atoms with E-state index < -0.39 is 0 Å². The van der Waals surface area contributed by atoms with E-state index in [1.54, 1.807) is 12.4 Å². The van der Waals surface area contributed by atoms with Gasteiger partial charge in [-0.1, -0.05) is 6.92 Å². The van der Waals surface area contributed by atoms with Gasteiger partial charge in [-0.05, 0) is 25.7 Å². The maximum atomic E-state index is 12.8. The largest absolute Gasteiger partial charge is 0.381 e. The third-order valence-electron chi connectivity index (χ3n) is 6.28. The number of aryl methyl sites for hydroxylation is 1. The summed E-state index contributed by atoms with van der Waals surface area (Å²) in [6, 6.07) is 0.232. The second-order valence-corrected chi connectivity index (χ2v) is 8.55. The van der Waals surface area contributed by atoms with Crippen LogP contribution in [0.3, 0.4) is 0 Å². The molecule has 1 N–H and O–H groups in total. The van der Waals surface area contributed by atoms with E-state index in [0.29, 0.717) is 17.0 Å². The number of nitrogens with zero attached hydrogens (tertiary/aromatic N) is 6. The Labute approximate surface area is 174 Å². The summed E-state index contributed by atoms with van der Waals surface area (Å²) in [5.41, 5.74) is 2.46. The van der Waals surface area contributed by atoms with E-state index in [1.165, 1.54) is 0 Å². The SMILES string of the molecule is Cc1cnc(CN2C[C@@H](C)[C@H](c3nc4c(cnn4C4CCOCC4)c(=O)[nH]3)C2)cn1. The molecule has 158 valence electrons. The molecule has 2 aliphatic heterocycles. The van der Waals surface area contributed by atoms with Crippen molar-refractivity contribution < 1.29 is 4.74 Å². The second kappa shape index (κ2) is 7.88. The molecule has 9 nitrogen and oxygen atoms in total. The molecular weight excluding hydrogens is 382 g/mol. The Kier molecular flexibility index (Phi) is 5.08. The van der Waals surface area contributed by atoms with E-state index in [-0.39, 0.29) is 17.5 Å². The Morgan fingerprint density at radius 1 is 1.17 bits per heavy atom. The van der Waals surface area contributed by atoms with Crippen LogP contribution in [0.5, 0.6) is 0 Å². The number of H-pyrrole nitrogens is 1. The fraction of sp³-hybridized carbons (Fsp3) is 0.571. The summed E-state index contributed by atoms with van der Waals surface area (Å²) in [5, 5.41) is 5.06. The average molecular weight is 409 g/mol. The van der Waals surface area contributed by atoms with Gasteiger partial charge in [0, 0.05) is 51.2 Å². The molecular formula is C21H27N7O2. The highest BCUT2D eigenvalue weighted by Crippen LogP contribution is 2.32. The molecule has 0 aromatic carbocycles. The van der Waals surface area contributed by atoms with Gasteiger partial charge >= 0.3 is 0 Å². The molecule has 2 fully saturated rings. The van der Waals surface area contributed by atoms with Gasteiger partial charge in [0.2, 0.25) is 0 Å². The first kappa shape index (κ1) is 19.3. The van der Waals surface area contributed by atoms with Crippen molar-refractivity contribution in [3.05, 3.63) is 46.2 Å². The Morgan fingerprint density at radius 3 is 2.77 bits per heavy atom. The molecule has 5 heterocycles. The first-order valence-electron chi connectivity index (χ1n) is 10.6. The molecule has 3 aromatic heterocycles. The quantitative estimate of drug-likeness (QED) is 0.701. The van der Waals surface area contributed by atoms with Crippen LogP contribution in [0.4, 0.5) is 0 Å². The van der Waals surface area contributed by atoms with Crippen LogP contribution in [-0.4, -0.2) is 60.9 Å². The number of hydrogen-bond acceptors (Lipinski definition) is 7. The van der Waals surface area contributed by atoms with Crippen molar-refractivity contribution in [2.75, 3.05) is 26.3 Å². The first-order chi connectivity index (χ1) is 14.6. The van der Waals surface area contributed by atoms with Gasteiger partial charge in [0.25, 0.3) is 5.56 Å². The number of ether oxygens (including phenoxy) is 1. The van der Waals surface area contributed by atoms with Crippen LogP contribution in [0.1, 0.15) is 48.9 Å². The van der Waals surface area contributed by atoms with Crippen LogP contribution in [-0.2, 0) is 11.3 Å². The predicted molar refractivity (Wildman–Crippen MR) is 111 cm³/mol. The molecule has 30 heavy (non-hydrogen) atoms. The van der Waals surface area contributed by atoms with Crippen LogP contribution in [0, 0.1) is 12.8 Å². The zero-order chi connectivity index (χ0) is 20.7. The fourth-order valence-corrected chi connectivity index (χ4v) is 4.61. The van der Waals surface area contributed by atoms with Crippen molar-refractivity contribution in [3.63, 3.8) is 0 Å². The first-order valence-corrected chi connectivity index (χ1v) is 10.6. The number of aromatic nitrogens is 6. The summed E-state index contributed by atoms with van der Waals surface area (Å²) in [5.74, 6) is 1.30. The zero-order valence-corrected chi connectivity index (χ0v) is 17.4. The predicted octanol–water partition coefficient (Wildman–Crippen LogP) is 1.81. The minimum Gasteiger partial charge on any atom is -0.381 e. The van der Waals surface area contributed by atoms with Crippen LogP contribution in [0.2, 0.25) is 0 Å². The molecule has 0 amide bonds. The summed E-state index contributed by atoms with van der Waals surface area (Å²) in [6.45, 7) is 8.11. The average Bonchev–Trinajstić information content (AvgIpc) is 3.34. The molecule has 2 atom stereocenters. The Bertz CT molecular complexity index is 1080. The minimum atomic E-state index is -0.108. The minimum absolute atomic E-state index is 0.108. The number of rotatable bonds is 4. The third-order valence-corrected chi connectivity index (χ3v) is 6.28. The lowest BCUT2D eigenvalue weighted by Crippen LogP contribution is -2.23. The maximum Gasteiger partial charge on any atom is 0.262 e. The van der Waals surface area contributed by atoms with E-state index in [4.69, 9.17) is 9.72 Å². The van der Waals surface area contributed by atoms with Crippen LogP contribution in [0.25, 0.3) is 11.0 Å². The molecule has 2 saturated heterocycles. The van der Waals surface area contributed by atoms with Gasteiger partial charge in [-0.15, -0.1) is 0 Å². The van der Waals surface area contributed by atoms with Crippen molar-refractivity contribution in [1.29, 1.82) is 0 Å². The monoisotopic (exact) mass is 409 g/mol. The summed E-state index contributed by atoms with van der Waals surface area (Å²) in [6.07, 6.45) is 7.07. The highest BCUT2D eigenvalue weighted by molar-refractivity contribution is 5.73. The molecule has 0 radical (unpaired) electrons. The van der Waals surface area contributed by atoms with Gasteiger partial charge in [-0.3, -0.25) is 19.7 Å². The van der Waals surface area contributed by atoms with Crippen molar-refractivity contribution in [1.82, 2.24) is 34.6 Å². The van der Waals surface area contributed by atoms with Crippen molar-refractivity contribution in [2.45, 2.75) is 45.2 Å². The molecule has 0 spiro atoms. The molecule has 2 aliphatic rings. The maximum absolute atomic E-state index is 12.8. The van der Waals surface area contributed by atoms with Crippen molar-refractivity contribution >= 4 is 11.0 Å². The van der Waals surface area contributed by atoms with E-state index in [2.05, 4.69) is 31.9 Å². The van der Waals surface area contributed by atoms with Gasteiger partial charge < -0.3 is 9.72 Å². The molecule has 9 heteroatoms. The van der Waals surface area contributed by atoms with Gasteiger partial charge in [-0.25, -0.2) is 9.67 Å². The Hall–Kier alpha value is -2.65. The highest BCUT2D eigenvalue weighted by atomic mass is 16.5. The van der Waals surface area contributed by atoms with Crippen molar-refractivity contribution in [2.24, 2.45) is 5.92 Å². The normalized spacial score (nSPS) is 23.4. The Morgan fingerprint density at radius 2 is 2.00 bits per heavy atom. The van der Waals surface area contributed by atoms with Gasteiger partial charge in [0.05, 0.1) is 23.6 Å². The molecule has 0 aliphatic carbocycles. The van der Waals surface area contributed by atoms with Gasteiger partial charge in [-0.2, -0.15) is 5.10 Å². The fourth-order valence-electron chi connectivity index (χ4n) is 4.61. The molecule has 5 rings (SSSR count). The molecule has 0 bridgehead atoms. The number of hydrogen-bond donors (Lipinski definition) is 1. The number of aromatic amines is 1. The molecule has 0 unspecified atom stereocenters. The van der Waals surface area contributed by atoms with Crippen LogP contribution < -0.4 is 5.56 Å². The highest BCUT2D eigenvalue weighted by Gasteiger charge is 2.33. The summed E-state index contributed by atoms with van der Waals surface area (Å²) >= 11 is 0. The molecule has 3 aromatic rings. The lowest BCUT2D eigenvalue weighted by molar-refractivity contribution is 0.0673. The third kappa shape index (κ3) is 3.63. The van der Waals surface area contributed by atoms with E-state index >= 15 is 0 Å². The van der Waals surface area contributed by atoms with E-state index in [1.807, 2.05) is 17.8 Å². The van der Waals surface area contributed by atoms with Gasteiger partial charge in [0.15, 0.2) is 5.65 Å². The molecule has 0 saturated carbocycles. The summed E-state index contributed by atoms with van der Waals surface area (Å²) < 4.78 is 7.40. The topological polar surface area (TPSA) is 102 Å². The van der Waals surface area contributed by atoms with Crippen LogP contribution in [0.15, 0.2) is 23.4 Å². The number of likely N-dealkylation sites (tertiary alicyclic amines) is 1. The standard InChI is InChI=1S/C21H27N7O2/c1-13-10-27(11-15-8-22-14(2)7-23-15)12-18(13)19-25-20-17(21(29)26-19)9-24-28(20)16-3-5-30-6-4-16/h7-9,13,16,18H,3-6,10-12H2,1-2H3,(H,25,26,29)/t13-,18-/m1/s1. The van der Waals surface area contributed by atoms with Gasteiger partial charge in [0.1, 0.15) is 11.2 Å². The Balaban J connectivity index is 1.41. The summed E-state index contributed by atoms with van der Waals surface area (Å²) in [4.78, 5) is 31.9. The number of nitrogens with one attached hydrogen (secondary N) is 1. The van der Waals surface area contributed by atoms with E-state index in [9.17, 15) is 4.79 Å². The smallest absolute Gasteiger partial charge is 0.262 e. The zero-order valence-electron chi connectivity index (χ0n) is 17.4. The lowest BCUT2D eigenvalue weighted by atomic mass is 9.97. The summed E-state index contributed by atoms with van der Waals surface area (Å²) in [7, 11) is 0. The van der Waals surface area contributed by atoms with E-state index in [0.717, 1.165) is 62.9 Å². The number of fused-ring (bicyclic) bond motifs is 1. The van der Waals surface area contributed by atoms with Crippen LogP contribution >= 0.6 is 0 Å². The second-order valence-electron chi connectivity index (χ2n) is 8.55. The lowest BCUT2D eigenvalue weighted by Gasteiger charge is -2.23.